The largest absolute Gasteiger partial charge is 0.453 e. The summed E-state index contributed by atoms with van der Waals surface area (Å²) in [5.74, 6) is 0.337. The number of anilines is 2. The molecule has 3 unspecified atom stereocenters. The van der Waals surface area contributed by atoms with Crippen molar-refractivity contribution in [1.82, 2.24) is 24.1 Å². The molecular formula is C26H35BN7O10PS. The van der Waals surface area contributed by atoms with Crippen molar-refractivity contribution in [1.29, 1.82) is 0 Å². The Kier molecular flexibility index (Phi) is 12.0. The molecule has 17 nitrogen and oxygen atoms in total. The van der Waals surface area contributed by atoms with Crippen molar-refractivity contribution in [2.75, 3.05) is 12.4 Å². The van der Waals surface area contributed by atoms with Crippen LogP contribution in [0.4, 0.5) is 16.4 Å². The number of rotatable bonds is 7. The molecule has 10 N–H and O–H groups in total. The summed E-state index contributed by atoms with van der Waals surface area (Å²) in [6, 6.07) is 3.84. The van der Waals surface area contributed by atoms with Crippen molar-refractivity contribution >= 4 is 57.4 Å². The molecule has 5 rings (SSSR count). The number of aliphatic hydroxyl groups excluding tert-OH is 2. The maximum Gasteiger partial charge on any atom is 0.404 e. The molecule has 3 atom stereocenters. The van der Waals surface area contributed by atoms with E-state index >= 15 is 0 Å². The van der Waals surface area contributed by atoms with E-state index in [1.54, 1.807) is 13.8 Å². The monoisotopic (exact) mass is 679 g/mol. The quantitative estimate of drug-likeness (QED) is 0.0705. The first-order chi connectivity index (χ1) is 21.5. The number of thiazole rings is 1. The van der Waals surface area contributed by atoms with Crippen LogP contribution in [0.3, 0.4) is 0 Å². The number of nitrogens with one attached hydrogen (secondary N) is 1. The Bertz CT molecular complexity index is 1720. The van der Waals surface area contributed by atoms with E-state index in [0.29, 0.717) is 34.7 Å². The molecule has 1 amide bonds. The van der Waals surface area contributed by atoms with Crippen molar-refractivity contribution in [2.24, 2.45) is 5.73 Å². The fourth-order valence-corrected chi connectivity index (χ4v) is 5.55. The summed E-state index contributed by atoms with van der Waals surface area (Å²) in [4.78, 5) is 43.0. The van der Waals surface area contributed by atoms with Gasteiger partial charge in [-0.2, -0.15) is 0 Å². The summed E-state index contributed by atoms with van der Waals surface area (Å²) < 4.78 is 6.10. The topological polar surface area (TPSA) is 272 Å². The number of imidazole rings is 1. The average molecular weight is 679 g/mol. The lowest BCUT2D eigenvalue weighted by Gasteiger charge is -2.19. The Hall–Kier alpha value is -3.52. The molecule has 0 aromatic carbocycles. The molecular weight excluding hydrogens is 644 g/mol. The van der Waals surface area contributed by atoms with Crippen molar-refractivity contribution in [3.63, 3.8) is 0 Å². The minimum Gasteiger partial charge on any atom is -0.453 e. The van der Waals surface area contributed by atoms with Gasteiger partial charge in [-0.05, 0) is 54.7 Å². The van der Waals surface area contributed by atoms with Crippen molar-refractivity contribution in [2.45, 2.75) is 63.0 Å². The lowest BCUT2D eigenvalue weighted by molar-refractivity contribution is -0.102. The minimum atomic E-state index is -2.69. The number of nitrogens with two attached hydrogens (primary N) is 1. The molecule has 4 aromatic rings. The maximum absolute atomic E-state index is 13.1. The predicted molar refractivity (Wildman–Crippen MR) is 171 cm³/mol. The van der Waals surface area contributed by atoms with Crippen LogP contribution >= 0.6 is 20.8 Å². The van der Waals surface area contributed by atoms with Gasteiger partial charge in [0, 0.05) is 23.9 Å². The molecule has 46 heavy (non-hydrogen) atoms. The van der Waals surface area contributed by atoms with Gasteiger partial charge in [0.25, 0.3) is 0 Å². The SMILES string of the molecule is COC(N)=O.OP.[B]C(O)(O)c1cc(Nc2cc3c(cn2)n(C(O)O)c(=O)n3C2CCC(O)C2)nc(-c2ncc(C(C)(C)O)s2)c1. The fraction of sp³-hybridized carbons (Fsp3) is 0.423. The smallest absolute Gasteiger partial charge is 0.404 e. The third-order valence-electron chi connectivity index (χ3n) is 6.80. The first kappa shape index (κ1) is 36.9. The highest BCUT2D eigenvalue weighted by Crippen LogP contribution is 2.35. The normalized spacial score (nSPS) is 16.4. The van der Waals surface area contributed by atoms with E-state index in [1.807, 2.05) is 0 Å². The fourth-order valence-electron chi connectivity index (χ4n) is 4.67. The molecule has 20 heteroatoms. The van der Waals surface area contributed by atoms with Crippen molar-refractivity contribution in [3.05, 3.63) is 51.5 Å². The van der Waals surface area contributed by atoms with Crippen molar-refractivity contribution < 1.29 is 45.1 Å². The number of aliphatic hydroxyl groups is 6. The summed E-state index contributed by atoms with van der Waals surface area (Å²) in [6.07, 6.45) is 0.780. The zero-order valence-electron chi connectivity index (χ0n) is 25.0. The number of ether oxygens (including phenoxy) is 1. The molecule has 248 valence electrons. The van der Waals surface area contributed by atoms with Gasteiger partial charge in [0.2, 0.25) is 6.41 Å². The van der Waals surface area contributed by atoms with Gasteiger partial charge < -0.3 is 51.3 Å². The van der Waals surface area contributed by atoms with E-state index in [1.165, 1.54) is 63.1 Å². The molecule has 0 bridgehead atoms. The summed E-state index contributed by atoms with van der Waals surface area (Å²) in [5, 5.41) is 63.5. The molecule has 1 saturated carbocycles. The highest BCUT2D eigenvalue weighted by atomic mass is 32.1. The Balaban J connectivity index is 0.000000752. The van der Waals surface area contributed by atoms with E-state index in [9.17, 15) is 40.2 Å². The van der Waals surface area contributed by atoms with Crippen LogP contribution in [-0.4, -0.2) is 86.8 Å². The lowest BCUT2D eigenvalue weighted by Crippen LogP contribution is -2.29. The van der Waals surface area contributed by atoms with Crippen molar-refractivity contribution in [3.8, 4) is 10.7 Å². The van der Waals surface area contributed by atoms with Gasteiger partial charge >= 0.3 is 11.8 Å². The zero-order valence-corrected chi connectivity index (χ0v) is 26.9. The molecule has 2 radical (unpaired) electrons. The van der Waals surface area contributed by atoms with E-state index in [-0.39, 0.29) is 34.5 Å². The van der Waals surface area contributed by atoms with Crippen LogP contribution in [0, 0.1) is 0 Å². The van der Waals surface area contributed by atoms with Gasteiger partial charge in [-0.1, -0.05) is 0 Å². The van der Waals surface area contributed by atoms with Gasteiger partial charge in [-0.15, -0.1) is 11.3 Å². The molecule has 0 saturated heterocycles. The molecule has 1 aliphatic rings. The predicted octanol–water partition coefficient (Wildman–Crippen LogP) is -0.0422. The Morgan fingerprint density at radius 2 is 1.78 bits per heavy atom. The number of fused-ring (bicyclic) bond motifs is 1. The summed E-state index contributed by atoms with van der Waals surface area (Å²) in [5.41, 5.74) is 0.638. The second-order valence-electron chi connectivity index (χ2n) is 10.6. The molecule has 4 aromatic heterocycles. The van der Waals surface area contributed by atoms with Crippen LogP contribution in [0.15, 0.2) is 35.4 Å². The number of hydrogen-bond donors (Lipinski definition) is 9. The van der Waals surface area contributed by atoms with Crippen LogP contribution in [0.25, 0.3) is 21.7 Å². The van der Waals surface area contributed by atoms with Crippen LogP contribution in [0.5, 0.6) is 0 Å². The lowest BCUT2D eigenvalue weighted by atomic mass is 9.87. The highest BCUT2D eigenvalue weighted by Gasteiger charge is 2.30. The van der Waals surface area contributed by atoms with Gasteiger partial charge in [0.1, 0.15) is 28.0 Å². The molecule has 4 heterocycles. The second-order valence-corrected chi connectivity index (χ2v) is 11.7. The molecule has 1 fully saturated rings. The standard InChI is InChI=1S/C24H27BN6O7S.C2H5NO2.H3OP/c1-23(2,36)17-10-27-20(39-17)14-5-11(24(25,37)38)6-19(28-14)29-18-8-15-16(9-26-18)31(22(34)35)21(33)30(15)12-3-4-13(32)7-12;1-5-2(3)4;1-2/h5-6,8-10,12-13,22,32,34-38H,3-4,7H2,1-2H3,(H,26,28,29);1H3,(H2,3,4);1H,2H2. The number of carbonyl (C=O) groups excluding carboxylic acids is 1. The number of aromatic nitrogens is 5. The number of carbonyl (C=O) groups is 1. The van der Waals surface area contributed by atoms with E-state index < -0.39 is 35.6 Å². The zero-order chi connectivity index (χ0) is 34.6. The van der Waals surface area contributed by atoms with Crippen LogP contribution in [0.1, 0.15) is 56.0 Å². The number of nitrogens with zero attached hydrogens (tertiary/aromatic N) is 5. The maximum atomic E-state index is 13.1. The number of primary amides is 1. The number of hydrogen-bond acceptors (Lipinski definition) is 15. The Labute approximate surface area is 269 Å². The van der Waals surface area contributed by atoms with Gasteiger partial charge in [0.15, 0.2) is 7.85 Å². The average Bonchev–Trinajstić information content (AvgIpc) is 3.71. The second kappa shape index (κ2) is 14.9. The van der Waals surface area contributed by atoms with Gasteiger partial charge in [-0.25, -0.2) is 29.1 Å². The van der Waals surface area contributed by atoms with E-state index in [2.05, 4.69) is 30.7 Å². The first-order valence-electron chi connectivity index (χ1n) is 13.5. The third-order valence-corrected chi connectivity index (χ3v) is 8.13. The summed E-state index contributed by atoms with van der Waals surface area (Å²) in [6.45, 7) is 3.23. The first-order valence-corrected chi connectivity index (χ1v) is 14.8. The molecule has 0 aliphatic heterocycles. The number of amides is 1. The van der Waals surface area contributed by atoms with Crippen LogP contribution in [-0.2, 0) is 16.0 Å². The summed E-state index contributed by atoms with van der Waals surface area (Å²) >= 11 is 1.17. The molecule has 1 aliphatic carbocycles. The van der Waals surface area contributed by atoms with Gasteiger partial charge in [0.05, 0.1) is 40.9 Å². The highest BCUT2D eigenvalue weighted by molar-refractivity contribution is 7.15. The van der Waals surface area contributed by atoms with Crippen LogP contribution in [0.2, 0.25) is 0 Å². The van der Waals surface area contributed by atoms with E-state index in [4.69, 9.17) is 12.7 Å². The minimum absolute atomic E-state index is 0.0949. The van der Waals surface area contributed by atoms with Gasteiger partial charge in [-0.3, -0.25) is 4.57 Å². The number of pyridine rings is 2. The Morgan fingerprint density at radius 1 is 1.13 bits per heavy atom. The third kappa shape index (κ3) is 8.64. The summed E-state index contributed by atoms with van der Waals surface area (Å²) in [7, 11) is 8.18. The Morgan fingerprint density at radius 3 is 2.28 bits per heavy atom. The van der Waals surface area contributed by atoms with E-state index in [0.717, 1.165) is 4.57 Å². The number of methoxy groups -OCH3 is 1. The van der Waals surface area contributed by atoms with Crippen LogP contribution < -0.4 is 16.7 Å². The molecule has 0 spiro atoms.